The Labute approximate surface area is 115 Å². The summed E-state index contributed by atoms with van der Waals surface area (Å²) in [6, 6.07) is 8.55. The molecule has 4 nitrogen and oxygen atoms in total. The van der Waals surface area contributed by atoms with E-state index in [4.69, 9.17) is 0 Å². The van der Waals surface area contributed by atoms with Gasteiger partial charge in [-0.3, -0.25) is 5.32 Å². The molecular weight excluding hydrogens is 236 g/mol. The predicted octanol–water partition coefficient (Wildman–Crippen LogP) is 2.01. The number of likely N-dealkylation sites (N-methyl/N-ethyl adjacent to an activating group) is 2. The van der Waals surface area contributed by atoms with Gasteiger partial charge in [-0.15, -0.1) is 5.01 Å². The Bertz CT molecular complexity index is 487. The standard InChI is InChI=1S/C15H23N4/c1-5-13-6-8-14(9-7-13)17-19-11-10-15(16-3)18(4)12(19)2/h6-11,15-17H,5H2,1-4H3/q+1/t15-/m0/s1. The largest absolute Gasteiger partial charge is 0.278 e. The Morgan fingerprint density at radius 3 is 2.53 bits per heavy atom. The molecule has 19 heavy (non-hydrogen) atoms. The maximum Gasteiger partial charge on any atom is 0.273 e. The first-order valence-electron chi connectivity index (χ1n) is 6.72. The van der Waals surface area contributed by atoms with Gasteiger partial charge in [-0.2, -0.15) is 0 Å². The van der Waals surface area contributed by atoms with Crippen LogP contribution in [0.1, 0.15) is 19.4 Å². The zero-order valence-electron chi connectivity index (χ0n) is 12.1. The molecular formula is C15H23N4+. The van der Waals surface area contributed by atoms with Crippen LogP contribution < -0.4 is 10.7 Å². The van der Waals surface area contributed by atoms with Crippen LogP contribution in [0, 0.1) is 0 Å². The minimum Gasteiger partial charge on any atom is -0.278 e. The Hall–Kier alpha value is -1.81. The number of anilines is 1. The lowest BCUT2D eigenvalue weighted by Gasteiger charge is -2.24. The van der Waals surface area contributed by atoms with Crippen molar-refractivity contribution in [1.82, 2.24) is 10.3 Å². The minimum absolute atomic E-state index is 0.250. The van der Waals surface area contributed by atoms with E-state index in [0.717, 1.165) is 17.9 Å². The second-order valence-electron chi connectivity index (χ2n) is 4.77. The summed E-state index contributed by atoms with van der Waals surface area (Å²) in [6.07, 6.45) is 5.51. The van der Waals surface area contributed by atoms with Gasteiger partial charge < -0.3 is 0 Å². The van der Waals surface area contributed by atoms with Gasteiger partial charge in [0.05, 0.1) is 12.7 Å². The van der Waals surface area contributed by atoms with Crippen molar-refractivity contribution in [2.45, 2.75) is 26.4 Å². The van der Waals surface area contributed by atoms with E-state index in [9.17, 15) is 0 Å². The van der Waals surface area contributed by atoms with E-state index < -0.39 is 0 Å². The molecule has 102 valence electrons. The SMILES string of the molecule is CCc1ccc(NN2C=C[C@@H](NC)[N+](C)=C2C)cc1. The molecule has 1 aliphatic rings. The lowest BCUT2D eigenvalue weighted by Crippen LogP contribution is -2.46. The van der Waals surface area contributed by atoms with Crippen LogP contribution in [0.4, 0.5) is 5.69 Å². The molecule has 2 N–H and O–H groups in total. The smallest absolute Gasteiger partial charge is 0.273 e. The fraction of sp³-hybridized carbons (Fsp3) is 0.400. The number of rotatable bonds is 4. The van der Waals surface area contributed by atoms with E-state index in [-0.39, 0.29) is 6.17 Å². The van der Waals surface area contributed by atoms with Crippen molar-refractivity contribution in [2.24, 2.45) is 0 Å². The van der Waals surface area contributed by atoms with E-state index in [2.05, 4.69) is 72.8 Å². The van der Waals surface area contributed by atoms with Crippen LogP contribution in [0.15, 0.2) is 36.5 Å². The average Bonchev–Trinajstić information content (AvgIpc) is 2.45. The first-order chi connectivity index (χ1) is 9.15. The summed E-state index contributed by atoms with van der Waals surface area (Å²) >= 11 is 0. The number of hydrogen-bond acceptors (Lipinski definition) is 3. The number of nitrogens with zero attached hydrogens (tertiary/aromatic N) is 2. The molecule has 0 saturated carbocycles. The highest BCUT2D eigenvalue weighted by molar-refractivity contribution is 5.78. The first kappa shape index (κ1) is 13.6. The molecule has 1 heterocycles. The molecule has 0 saturated heterocycles. The van der Waals surface area contributed by atoms with Gasteiger partial charge in [-0.25, -0.2) is 10.0 Å². The molecule has 2 rings (SSSR count). The van der Waals surface area contributed by atoms with Crippen molar-refractivity contribution in [3.8, 4) is 0 Å². The quantitative estimate of drug-likeness (QED) is 0.811. The van der Waals surface area contributed by atoms with Crippen LogP contribution in [-0.4, -0.2) is 35.7 Å². The fourth-order valence-electron chi connectivity index (χ4n) is 2.14. The summed E-state index contributed by atoms with van der Waals surface area (Å²) in [7, 11) is 4.04. The van der Waals surface area contributed by atoms with Crippen LogP contribution in [0.2, 0.25) is 0 Å². The molecule has 1 atom stereocenters. The van der Waals surface area contributed by atoms with Crippen LogP contribution in [0.3, 0.4) is 0 Å². The summed E-state index contributed by atoms with van der Waals surface area (Å²) in [6.45, 7) is 4.27. The molecule has 0 unspecified atom stereocenters. The Balaban J connectivity index is 2.11. The van der Waals surface area contributed by atoms with E-state index in [1.807, 2.05) is 12.1 Å². The summed E-state index contributed by atoms with van der Waals surface area (Å²) in [5.74, 6) is 1.15. The predicted molar refractivity (Wildman–Crippen MR) is 80.1 cm³/mol. The molecule has 0 bridgehead atoms. The number of benzene rings is 1. The van der Waals surface area contributed by atoms with Gasteiger partial charge in [-0.05, 0) is 31.2 Å². The van der Waals surface area contributed by atoms with E-state index in [1.165, 1.54) is 5.56 Å². The topological polar surface area (TPSA) is 30.3 Å². The summed E-state index contributed by atoms with van der Waals surface area (Å²) in [5.41, 5.74) is 5.85. The molecule has 0 fully saturated rings. The third-order valence-electron chi connectivity index (χ3n) is 3.60. The first-order valence-corrected chi connectivity index (χ1v) is 6.72. The van der Waals surface area contributed by atoms with Gasteiger partial charge in [0.15, 0.2) is 6.17 Å². The van der Waals surface area contributed by atoms with E-state index in [0.29, 0.717) is 0 Å². The number of aryl methyl sites for hydroxylation is 1. The maximum absolute atomic E-state index is 3.40. The monoisotopic (exact) mass is 259 g/mol. The third-order valence-corrected chi connectivity index (χ3v) is 3.60. The molecule has 1 aromatic rings. The number of amidine groups is 1. The second-order valence-corrected chi connectivity index (χ2v) is 4.77. The van der Waals surface area contributed by atoms with Crippen LogP contribution in [-0.2, 0) is 6.42 Å². The van der Waals surface area contributed by atoms with E-state index in [1.54, 1.807) is 0 Å². The Morgan fingerprint density at radius 2 is 1.95 bits per heavy atom. The molecule has 0 aromatic heterocycles. The molecule has 0 aliphatic carbocycles. The third kappa shape index (κ3) is 2.96. The number of nitrogens with one attached hydrogen (secondary N) is 2. The number of hydrazine groups is 1. The van der Waals surface area contributed by atoms with Crippen LogP contribution in [0.5, 0.6) is 0 Å². The van der Waals surface area contributed by atoms with Gasteiger partial charge in [0.2, 0.25) is 0 Å². The van der Waals surface area contributed by atoms with Crippen molar-refractivity contribution >= 4 is 11.5 Å². The van der Waals surface area contributed by atoms with Crippen LogP contribution in [0.25, 0.3) is 0 Å². The van der Waals surface area contributed by atoms with Crippen molar-refractivity contribution in [3.63, 3.8) is 0 Å². The summed E-state index contributed by atoms with van der Waals surface area (Å²) in [4.78, 5) is 0. The van der Waals surface area contributed by atoms with Gasteiger partial charge in [0.1, 0.15) is 6.20 Å². The molecule has 0 spiro atoms. The molecule has 0 radical (unpaired) electrons. The van der Waals surface area contributed by atoms with Crippen molar-refractivity contribution in [3.05, 3.63) is 42.1 Å². The van der Waals surface area contributed by atoms with Crippen molar-refractivity contribution in [1.29, 1.82) is 0 Å². The molecule has 1 aliphatic heterocycles. The zero-order chi connectivity index (χ0) is 13.8. The maximum atomic E-state index is 3.40. The average molecular weight is 259 g/mol. The highest BCUT2D eigenvalue weighted by Gasteiger charge is 2.23. The fourth-order valence-corrected chi connectivity index (χ4v) is 2.14. The van der Waals surface area contributed by atoms with Crippen LogP contribution >= 0.6 is 0 Å². The van der Waals surface area contributed by atoms with Gasteiger partial charge in [-0.1, -0.05) is 19.1 Å². The highest BCUT2D eigenvalue weighted by atomic mass is 15.5. The van der Waals surface area contributed by atoms with Gasteiger partial charge >= 0.3 is 0 Å². The highest BCUT2D eigenvalue weighted by Crippen LogP contribution is 2.13. The normalized spacial score (nSPS) is 18.9. The summed E-state index contributed by atoms with van der Waals surface area (Å²) in [5, 5.41) is 5.28. The van der Waals surface area contributed by atoms with Crippen molar-refractivity contribution < 1.29 is 4.58 Å². The van der Waals surface area contributed by atoms with Gasteiger partial charge in [0, 0.05) is 13.0 Å². The van der Waals surface area contributed by atoms with Gasteiger partial charge in [0.25, 0.3) is 5.84 Å². The molecule has 1 aromatic carbocycles. The summed E-state index contributed by atoms with van der Waals surface area (Å²) < 4.78 is 2.19. The zero-order valence-corrected chi connectivity index (χ0v) is 12.1. The lowest BCUT2D eigenvalue weighted by atomic mass is 10.1. The second kappa shape index (κ2) is 5.89. The lowest BCUT2D eigenvalue weighted by molar-refractivity contribution is -0.538. The molecule has 4 heteroatoms. The minimum atomic E-state index is 0.250. The number of hydrogen-bond donors (Lipinski definition) is 2. The Morgan fingerprint density at radius 1 is 1.26 bits per heavy atom. The molecule has 0 amide bonds. The van der Waals surface area contributed by atoms with Crippen molar-refractivity contribution in [2.75, 3.05) is 19.5 Å². The Kier molecular flexibility index (Phi) is 4.22. The van der Waals surface area contributed by atoms with E-state index >= 15 is 0 Å².